The van der Waals surface area contributed by atoms with E-state index < -0.39 is 0 Å². The molecule has 4 nitrogen and oxygen atoms in total. The average molecular weight is 490 g/mol. The van der Waals surface area contributed by atoms with E-state index in [1.807, 2.05) is 48.5 Å². The zero-order chi connectivity index (χ0) is 19.0. The molecular formula is C21H18Br2N2O2. The van der Waals surface area contributed by atoms with Crippen LogP contribution >= 0.6 is 31.9 Å². The molecule has 0 radical (unpaired) electrons. The molecule has 0 saturated heterocycles. The van der Waals surface area contributed by atoms with E-state index in [0.717, 1.165) is 26.7 Å². The van der Waals surface area contributed by atoms with E-state index in [-0.39, 0.29) is 35.5 Å². The Balaban J connectivity index is 1.55. The first kappa shape index (κ1) is 18.4. The third-order valence-corrected chi connectivity index (χ3v) is 6.71. The van der Waals surface area contributed by atoms with Gasteiger partial charge in [0.25, 0.3) is 0 Å². The van der Waals surface area contributed by atoms with Crippen molar-refractivity contribution in [2.45, 2.75) is 6.42 Å². The molecule has 2 aliphatic rings. The molecule has 138 valence electrons. The number of benzene rings is 2. The Bertz CT molecular complexity index is 854. The van der Waals surface area contributed by atoms with E-state index in [0.29, 0.717) is 0 Å². The third-order valence-electron chi connectivity index (χ3n) is 5.33. The number of para-hydroxylation sites is 2. The average Bonchev–Trinajstić information content (AvgIpc) is 3.27. The first-order chi connectivity index (χ1) is 13.0. The first-order valence-corrected chi connectivity index (χ1v) is 10.4. The molecule has 2 aromatic rings. The van der Waals surface area contributed by atoms with Gasteiger partial charge in [-0.15, -0.1) is 0 Å². The zero-order valence-electron chi connectivity index (χ0n) is 14.4. The van der Waals surface area contributed by atoms with Gasteiger partial charge in [-0.2, -0.15) is 0 Å². The molecule has 1 saturated carbocycles. The molecule has 0 spiro atoms. The summed E-state index contributed by atoms with van der Waals surface area (Å²) in [5.74, 6) is -0.735. The van der Waals surface area contributed by atoms with Gasteiger partial charge in [-0.25, -0.2) is 0 Å². The molecule has 0 heterocycles. The van der Waals surface area contributed by atoms with Crippen molar-refractivity contribution in [3.05, 3.63) is 69.6 Å². The molecule has 0 unspecified atom stereocenters. The number of anilines is 2. The summed E-state index contributed by atoms with van der Waals surface area (Å²) in [4.78, 5) is 26.1. The minimum Gasteiger partial charge on any atom is -0.325 e. The molecule has 2 aliphatic carbocycles. The maximum Gasteiger partial charge on any atom is 0.228 e. The second-order valence-electron chi connectivity index (χ2n) is 6.94. The summed E-state index contributed by atoms with van der Waals surface area (Å²) in [5, 5.41) is 5.98. The van der Waals surface area contributed by atoms with Crippen LogP contribution in [0.15, 0.2) is 69.6 Å². The number of carbonyl (C=O) groups excluding carboxylic acids is 2. The Morgan fingerprint density at radius 2 is 1.15 bits per heavy atom. The van der Waals surface area contributed by atoms with Crippen molar-refractivity contribution in [1.29, 1.82) is 0 Å². The summed E-state index contributed by atoms with van der Waals surface area (Å²) < 4.78 is 1.65. The number of rotatable bonds is 4. The number of fused-ring (bicyclic) bond motifs is 2. The van der Waals surface area contributed by atoms with Gasteiger partial charge in [0, 0.05) is 8.95 Å². The number of halogens is 2. The van der Waals surface area contributed by atoms with Crippen molar-refractivity contribution in [3.63, 3.8) is 0 Å². The summed E-state index contributed by atoms with van der Waals surface area (Å²) in [7, 11) is 0. The predicted molar refractivity (Wildman–Crippen MR) is 113 cm³/mol. The fraction of sp³-hybridized carbons (Fsp3) is 0.238. The Morgan fingerprint density at radius 1 is 0.741 bits per heavy atom. The van der Waals surface area contributed by atoms with E-state index in [1.54, 1.807) is 0 Å². The number of amides is 2. The van der Waals surface area contributed by atoms with E-state index >= 15 is 0 Å². The minimum absolute atomic E-state index is 0.104. The lowest BCUT2D eigenvalue weighted by Gasteiger charge is -2.26. The molecule has 1 fully saturated rings. The summed E-state index contributed by atoms with van der Waals surface area (Å²) in [5.41, 5.74) is 1.44. The van der Waals surface area contributed by atoms with Crippen LogP contribution in [0.3, 0.4) is 0 Å². The minimum atomic E-state index is -0.366. The molecule has 27 heavy (non-hydrogen) atoms. The van der Waals surface area contributed by atoms with Crippen molar-refractivity contribution < 1.29 is 9.59 Å². The molecular weight excluding hydrogens is 472 g/mol. The van der Waals surface area contributed by atoms with Crippen LogP contribution in [0.4, 0.5) is 11.4 Å². The van der Waals surface area contributed by atoms with Crippen molar-refractivity contribution in [2.75, 3.05) is 10.6 Å². The Hall–Kier alpha value is -1.92. The van der Waals surface area contributed by atoms with Crippen molar-refractivity contribution >= 4 is 55.0 Å². The fourth-order valence-corrected chi connectivity index (χ4v) is 4.86. The first-order valence-electron chi connectivity index (χ1n) is 8.83. The van der Waals surface area contributed by atoms with Crippen LogP contribution in [-0.2, 0) is 9.59 Å². The van der Waals surface area contributed by atoms with E-state index in [1.165, 1.54) is 0 Å². The maximum atomic E-state index is 13.0. The van der Waals surface area contributed by atoms with Crippen molar-refractivity contribution in [1.82, 2.24) is 0 Å². The molecule has 2 amide bonds. The molecule has 6 heteroatoms. The number of allylic oxidation sites excluding steroid dienone is 2. The van der Waals surface area contributed by atoms with E-state index in [4.69, 9.17) is 0 Å². The highest BCUT2D eigenvalue weighted by molar-refractivity contribution is 9.11. The van der Waals surface area contributed by atoms with Crippen molar-refractivity contribution in [3.8, 4) is 0 Å². The van der Waals surface area contributed by atoms with Gasteiger partial charge in [0.05, 0.1) is 23.2 Å². The number of hydrogen-bond acceptors (Lipinski definition) is 2. The van der Waals surface area contributed by atoms with Crippen LogP contribution in [0, 0.1) is 23.7 Å². The Kier molecular flexibility index (Phi) is 5.19. The topological polar surface area (TPSA) is 58.2 Å². The summed E-state index contributed by atoms with van der Waals surface area (Å²) in [6, 6.07) is 15.0. The SMILES string of the molecule is O=C(Nc1ccccc1Br)[C@H]1[C@H](C(=O)Nc2ccccc2Br)[C@H]2C=C[C@H]1C2. The summed E-state index contributed by atoms with van der Waals surface area (Å²) in [6.07, 6.45) is 5.01. The monoisotopic (exact) mass is 488 g/mol. The molecule has 2 bridgehead atoms. The molecule has 4 rings (SSSR count). The molecule has 0 aliphatic heterocycles. The Labute approximate surface area is 174 Å². The number of carbonyl (C=O) groups is 2. The molecule has 2 N–H and O–H groups in total. The van der Waals surface area contributed by atoms with Crippen LogP contribution in [0.25, 0.3) is 0 Å². The van der Waals surface area contributed by atoms with Gasteiger partial charge in [-0.05, 0) is 74.4 Å². The van der Waals surface area contributed by atoms with Crippen LogP contribution in [0.5, 0.6) is 0 Å². The smallest absolute Gasteiger partial charge is 0.228 e. The number of nitrogens with one attached hydrogen (secondary N) is 2. The molecule has 4 atom stereocenters. The van der Waals surface area contributed by atoms with Gasteiger partial charge >= 0.3 is 0 Å². The quantitative estimate of drug-likeness (QED) is 0.578. The highest BCUT2D eigenvalue weighted by Gasteiger charge is 2.51. The summed E-state index contributed by atoms with van der Waals surface area (Å²) in [6.45, 7) is 0. The van der Waals surface area contributed by atoms with Crippen LogP contribution in [-0.4, -0.2) is 11.8 Å². The van der Waals surface area contributed by atoms with Crippen LogP contribution in [0.2, 0.25) is 0 Å². The lowest BCUT2D eigenvalue weighted by Crippen LogP contribution is -2.39. The lowest BCUT2D eigenvalue weighted by atomic mass is 9.81. The zero-order valence-corrected chi connectivity index (χ0v) is 17.5. The van der Waals surface area contributed by atoms with Gasteiger partial charge in [-0.1, -0.05) is 36.4 Å². The lowest BCUT2D eigenvalue weighted by molar-refractivity contribution is -0.129. The van der Waals surface area contributed by atoms with Gasteiger partial charge in [0.15, 0.2) is 0 Å². The molecule has 0 aromatic heterocycles. The largest absolute Gasteiger partial charge is 0.325 e. The summed E-state index contributed by atoms with van der Waals surface area (Å²) >= 11 is 6.91. The molecule has 2 aromatic carbocycles. The van der Waals surface area contributed by atoms with Crippen LogP contribution in [0.1, 0.15) is 6.42 Å². The predicted octanol–water partition coefficient (Wildman–Crippen LogP) is 5.23. The van der Waals surface area contributed by atoms with E-state index in [9.17, 15) is 9.59 Å². The fourth-order valence-electron chi connectivity index (χ4n) is 4.09. The van der Waals surface area contributed by atoms with Gasteiger partial charge in [0.2, 0.25) is 11.8 Å². The van der Waals surface area contributed by atoms with Crippen molar-refractivity contribution in [2.24, 2.45) is 23.7 Å². The van der Waals surface area contributed by atoms with Crippen LogP contribution < -0.4 is 10.6 Å². The van der Waals surface area contributed by atoms with E-state index in [2.05, 4.69) is 54.6 Å². The Morgan fingerprint density at radius 3 is 1.56 bits per heavy atom. The second kappa shape index (κ2) is 7.60. The van der Waals surface area contributed by atoms with Gasteiger partial charge in [0.1, 0.15) is 0 Å². The standard InChI is InChI=1S/C21H18Br2N2O2/c22-14-5-1-3-7-16(14)24-20(26)18-12-9-10-13(11-12)19(18)21(27)25-17-8-4-2-6-15(17)23/h1-10,12-13,18-19H,11H2,(H,24,26)(H,25,27)/t12-,13-,18+,19+/m0/s1. The second-order valence-corrected chi connectivity index (χ2v) is 8.65. The normalized spacial score (nSPS) is 25.4. The highest BCUT2D eigenvalue weighted by Crippen LogP contribution is 2.49. The highest BCUT2D eigenvalue weighted by atomic mass is 79.9. The van der Waals surface area contributed by atoms with Gasteiger partial charge in [-0.3, -0.25) is 9.59 Å². The third kappa shape index (κ3) is 3.60. The maximum absolute atomic E-state index is 13.0. The van der Waals surface area contributed by atoms with Gasteiger partial charge < -0.3 is 10.6 Å². The number of hydrogen-bond donors (Lipinski definition) is 2.